The molecule has 0 saturated heterocycles. The zero-order valence-corrected chi connectivity index (χ0v) is 18.2. The highest BCUT2D eigenvalue weighted by Gasteiger charge is 2.24. The molecule has 0 saturated carbocycles. The van der Waals surface area contributed by atoms with Gasteiger partial charge >= 0.3 is 0 Å². The van der Waals surface area contributed by atoms with Gasteiger partial charge in [0.25, 0.3) is 0 Å². The van der Waals surface area contributed by atoms with Crippen molar-refractivity contribution >= 4 is 43.9 Å². The lowest BCUT2D eigenvalue weighted by molar-refractivity contribution is -0.116. The summed E-state index contributed by atoms with van der Waals surface area (Å²) in [5, 5.41) is 3.81. The molecule has 0 aliphatic carbocycles. The largest absolute Gasteiger partial charge is 0.497 e. The van der Waals surface area contributed by atoms with E-state index >= 15 is 0 Å². The Morgan fingerprint density at radius 3 is 2.52 bits per heavy atom. The number of nitrogens with zero attached hydrogens (tertiary/aromatic N) is 1. The van der Waals surface area contributed by atoms with Crippen molar-refractivity contribution in [2.45, 2.75) is 16.3 Å². The Balaban J connectivity index is 1.68. The van der Waals surface area contributed by atoms with Gasteiger partial charge in [-0.3, -0.25) is 4.79 Å². The first kappa shape index (κ1) is 21.0. The van der Waals surface area contributed by atoms with Gasteiger partial charge in [-0.1, -0.05) is 35.9 Å². The maximum atomic E-state index is 13.2. The molecule has 0 aliphatic rings. The van der Waals surface area contributed by atoms with E-state index < -0.39 is 9.84 Å². The number of fused-ring (bicyclic) bond motifs is 1. The molecule has 0 aliphatic heterocycles. The number of rotatable bonds is 6. The van der Waals surface area contributed by atoms with Crippen LogP contribution in [0.1, 0.15) is 0 Å². The molecule has 6 nitrogen and oxygen atoms in total. The van der Waals surface area contributed by atoms with Crippen molar-refractivity contribution in [2.24, 2.45) is 0 Å². The van der Waals surface area contributed by atoms with Gasteiger partial charge < -0.3 is 14.6 Å². The zero-order valence-electron chi connectivity index (χ0n) is 16.6. The van der Waals surface area contributed by atoms with Crippen molar-refractivity contribution < 1.29 is 17.9 Å². The van der Waals surface area contributed by atoms with E-state index in [9.17, 15) is 13.2 Å². The molecular formula is C23H19ClN2O4S. The van der Waals surface area contributed by atoms with Crippen molar-refractivity contribution in [1.29, 1.82) is 0 Å². The lowest BCUT2D eigenvalue weighted by Crippen LogP contribution is -2.18. The fraction of sp³-hybridized carbons (Fsp3) is 0.0870. The predicted molar refractivity (Wildman–Crippen MR) is 120 cm³/mol. The summed E-state index contributed by atoms with van der Waals surface area (Å²) in [4.78, 5) is 12.9. The number of hydrogen-bond acceptors (Lipinski definition) is 4. The summed E-state index contributed by atoms with van der Waals surface area (Å²) in [5.74, 6) is 0.338. The normalized spacial score (nSPS) is 11.4. The third-order valence-electron chi connectivity index (χ3n) is 4.83. The van der Waals surface area contributed by atoms with Gasteiger partial charge in [0.05, 0.1) is 16.9 Å². The third-order valence-corrected chi connectivity index (χ3v) is 6.88. The molecule has 0 radical (unpaired) electrons. The summed E-state index contributed by atoms with van der Waals surface area (Å²) in [7, 11) is -2.24. The van der Waals surface area contributed by atoms with Gasteiger partial charge in [-0.15, -0.1) is 0 Å². The molecule has 1 amide bonds. The zero-order chi connectivity index (χ0) is 22.0. The topological polar surface area (TPSA) is 77.4 Å². The highest BCUT2D eigenvalue weighted by Crippen LogP contribution is 2.31. The number of sulfone groups is 1. The molecule has 1 aromatic heterocycles. The highest BCUT2D eigenvalue weighted by atomic mass is 35.5. The summed E-state index contributed by atoms with van der Waals surface area (Å²) < 4.78 is 33.3. The second-order valence-electron chi connectivity index (χ2n) is 6.88. The molecule has 1 N–H and O–H groups in total. The molecule has 31 heavy (non-hydrogen) atoms. The number of benzene rings is 3. The standard InChI is InChI=1S/C23H19ClN2O4S/c1-30-18-6-4-5-17(13-18)25-23(27)15-26-14-22(20-7-2-3-8-21(20)26)31(28,29)19-11-9-16(24)10-12-19/h2-14H,15H2,1H3,(H,25,27). The van der Waals surface area contributed by atoms with E-state index in [1.54, 1.807) is 60.2 Å². The summed E-state index contributed by atoms with van der Waals surface area (Å²) in [6.07, 6.45) is 1.50. The monoisotopic (exact) mass is 454 g/mol. The Bertz CT molecular complexity index is 1360. The Labute approximate surface area is 184 Å². The number of carbonyl (C=O) groups excluding carboxylic acids is 1. The maximum Gasteiger partial charge on any atom is 0.244 e. The third kappa shape index (κ3) is 4.28. The molecule has 1 heterocycles. The van der Waals surface area contributed by atoms with Gasteiger partial charge in [0.1, 0.15) is 12.3 Å². The predicted octanol–water partition coefficient (Wildman–Crippen LogP) is 4.77. The minimum absolute atomic E-state index is 0.0478. The second-order valence-corrected chi connectivity index (χ2v) is 9.23. The molecule has 4 aromatic rings. The molecule has 0 fully saturated rings. The number of amides is 1. The van der Waals surface area contributed by atoms with Crippen molar-refractivity contribution in [3.05, 3.63) is 84.0 Å². The van der Waals surface area contributed by atoms with Crippen LogP contribution in [0.2, 0.25) is 5.02 Å². The SMILES string of the molecule is COc1cccc(NC(=O)Cn2cc(S(=O)(=O)c3ccc(Cl)cc3)c3ccccc32)c1. The van der Waals surface area contributed by atoms with E-state index in [0.717, 1.165) is 0 Å². The first-order valence-corrected chi connectivity index (χ1v) is 11.3. The quantitative estimate of drug-likeness (QED) is 0.455. The van der Waals surface area contributed by atoms with Crippen molar-refractivity contribution in [3.8, 4) is 5.75 Å². The van der Waals surface area contributed by atoms with E-state index in [2.05, 4.69) is 5.32 Å². The Morgan fingerprint density at radius 2 is 1.77 bits per heavy atom. The Morgan fingerprint density at radius 1 is 1.03 bits per heavy atom. The number of carbonyl (C=O) groups is 1. The van der Waals surface area contributed by atoms with Crippen LogP contribution in [-0.4, -0.2) is 26.0 Å². The summed E-state index contributed by atoms with van der Waals surface area (Å²) in [6, 6.07) is 20.1. The van der Waals surface area contributed by atoms with Crippen molar-refractivity contribution in [1.82, 2.24) is 4.57 Å². The minimum Gasteiger partial charge on any atom is -0.497 e. The molecule has 0 bridgehead atoms. The molecule has 0 unspecified atom stereocenters. The lowest BCUT2D eigenvalue weighted by Gasteiger charge is -2.08. The molecule has 4 rings (SSSR count). The van der Waals surface area contributed by atoms with Gasteiger partial charge in [0.2, 0.25) is 15.7 Å². The molecule has 0 spiro atoms. The van der Waals surface area contributed by atoms with E-state index in [0.29, 0.717) is 27.4 Å². The van der Waals surface area contributed by atoms with Crippen LogP contribution < -0.4 is 10.1 Å². The maximum absolute atomic E-state index is 13.2. The van der Waals surface area contributed by atoms with Gasteiger partial charge in [0, 0.05) is 33.9 Å². The van der Waals surface area contributed by atoms with Crippen LogP contribution in [0.4, 0.5) is 5.69 Å². The average Bonchev–Trinajstić information content (AvgIpc) is 3.13. The van der Waals surface area contributed by atoms with E-state index in [4.69, 9.17) is 16.3 Å². The minimum atomic E-state index is -3.79. The van der Waals surface area contributed by atoms with Gasteiger partial charge in [-0.05, 0) is 42.5 Å². The Kier molecular flexibility index (Phi) is 5.71. The summed E-state index contributed by atoms with van der Waals surface area (Å²) in [6.45, 7) is -0.0478. The summed E-state index contributed by atoms with van der Waals surface area (Å²) in [5.41, 5.74) is 1.24. The van der Waals surface area contributed by atoms with Crippen LogP contribution in [0, 0.1) is 0 Å². The molecular weight excluding hydrogens is 436 g/mol. The smallest absolute Gasteiger partial charge is 0.244 e. The molecule has 158 valence electrons. The Hall–Kier alpha value is -3.29. The molecule has 0 atom stereocenters. The van der Waals surface area contributed by atoms with Crippen LogP contribution in [-0.2, 0) is 21.2 Å². The number of methoxy groups -OCH3 is 1. The van der Waals surface area contributed by atoms with Crippen molar-refractivity contribution in [2.75, 3.05) is 12.4 Å². The number of aromatic nitrogens is 1. The van der Waals surface area contributed by atoms with Crippen LogP contribution in [0.3, 0.4) is 0 Å². The fourth-order valence-corrected chi connectivity index (χ4v) is 4.96. The number of hydrogen-bond donors (Lipinski definition) is 1. The van der Waals surface area contributed by atoms with Crippen molar-refractivity contribution in [3.63, 3.8) is 0 Å². The number of ether oxygens (including phenoxy) is 1. The lowest BCUT2D eigenvalue weighted by atomic mass is 10.2. The van der Waals surface area contributed by atoms with Crippen LogP contribution in [0.25, 0.3) is 10.9 Å². The highest BCUT2D eigenvalue weighted by molar-refractivity contribution is 7.91. The first-order valence-electron chi connectivity index (χ1n) is 9.41. The number of halogens is 1. The van der Waals surface area contributed by atoms with Gasteiger partial charge in [-0.25, -0.2) is 8.42 Å². The van der Waals surface area contributed by atoms with Crippen LogP contribution in [0.15, 0.2) is 88.8 Å². The summed E-state index contributed by atoms with van der Waals surface area (Å²) >= 11 is 5.90. The van der Waals surface area contributed by atoms with E-state index in [-0.39, 0.29) is 22.2 Å². The van der Waals surface area contributed by atoms with E-state index in [1.165, 1.54) is 30.5 Å². The molecule has 3 aromatic carbocycles. The van der Waals surface area contributed by atoms with E-state index in [1.807, 2.05) is 0 Å². The second kappa shape index (κ2) is 8.45. The number of anilines is 1. The first-order chi connectivity index (χ1) is 14.9. The average molecular weight is 455 g/mol. The van der Waals surface area contributed by atoms with Gasteiger partial charge in [-0.2, -0.15) is 0 Å². The fourth-order valence-electron chi connectivity index (χ4n) is 3.35. The molecule has 8 heteroatoms. The van der Waals surface area contributed by atoms with Crippen LogP contribution in [0.5, 0.6) is 5.75 Å². The number of para-hydroxylation sites is 1. The van der Waals surface area contributed by atoms with Crippen LogP contribution >= 0.6 is 11.6 Å². The van der Waals surface area contributed by atoms with Gasteiger partial charge in [0.15, 0.2) is 0 Å². The number of nitrogens with one attached hydrogen (secondary N) is 1.